The van der Waals surface area contributed by atoms with Crippen LogP contribution in [-0.2, 0) is 6.42 Å². The van der Waals surface area contributed by atoms with Crippen LogP contribution in [0.25, 0.3) is 0 Å². The third-order valence-electron chi connectivity index (χ3n) is 3.39. The zero-order valence-corrected chi connectivity index (χ0v) is 13.5. The van der Waals surface area contributed by atoms with Gasteiger partial charge in [-0.3, -0.25) is 0 Å². The molecule has 1 unspecified atom stereocenters. The van der Waals surface area contributed by atoms with E-state index in [1.54, 1.807) is 17.4 Å². The van der Waals surface area contributed by atoms with Gasteiger partial charge in [0.2, 0.25) is 0 Å². The molecule has 1 atom stereocenters. The number of ether oxygens (including phenoxy) is 1. The van der Waals surface area contributed by atoms with Crippen LogP contribution >= 0.6 is 11.3 Å². The first-order valence-electron chi connectivity index (χ1n) is 7.17. The average Bonchev–Trinajstić information content (AvgIpc) is 2.85. The van der Waals surface area contributed by atoms with E-state index in [0.717, 1.165) is 18.7 Å². The Balaban J connectivity index is 2.05. The molecule has 0 saturated carbocycles. The molecule has 2 aromatic rings. The normalized spacial score (nSPS) is 12.4. The fourth-order valence-electron chi connectivity index (χ4n) is 2.29. The highest BCUT2D eigenvalue weighted by Crippen LogP contribution is 2.28. The number of nitrogens with zero attached hydrogens (tertiary/aromatic N) is 1. The Morgan fingerprint density at radius 3 is 2.90 bits per heavy atom. The standard InChI is InChI=1S/C16H21FN2OS/c1-4-18-12(3)16-13(17)6-5-7-14(16)20-9-8-15-11(2)19-10-21-15/h5-7,10,12,18H,4,8-9H2,1-3H3. The van der Waals surface area contributed by atoms with Gasteiger partial charge < -0.3 is 10.1 Å². The molecule has 0 aliphatic rings. The van der Waals surface area contributed by atoms with E-state index in [0.29, 0.717) is 17.9 Å². The van der Waals surface area contributed by atoms with Crippen LogP contribution in [-0.4, -0.2) is 18.1 Å². The molecule has 0 saturated heterocycles. The van der Waals surface area contributed by atoms with Gasteiger partial charge in [-0.2, -0.15) is 0 Å². The number of nitrogens with one attached hydrogen (secondary N) is 1. The van der Waals surface area contributed by atoms with Crippen molar-refractivity contribution >= 4 is 11.3 Å². The molecule has 0 fully saturated rings. The molecule has 2 rings (SSSR count). The maximum absolute atomic E-state index is 14.1. The van der Waals surface area contributed by atoms with Crippen molar-refractivity contribution in [2.24, 2.45) is 0 Å². The van der Waals surface area contributed by atoms with Crippen LogP contribution in [0, 0.1) is 12.7 Å². The number of hydrogen-bond acceptors (Lipinski definition) is 4. The first-order valence-corrected chi connectivity index (χ1v) is 8.05. The van der Waals surface area contributed by atoms with Gasteiger partial charge in [0.25, 0.3) is 0 Å². The molecule has 1 N–H and O–H groups in total. The van der Waals surface area contributed by atoms with Crippen LogP contribution in [0.15, 0.2) is 23.7 Å². The Morgan fingerprint density at radius 1 is 1.43 bits per heavy atom. The van der Waals surface area contributed by atoms with E-state index in [4.69, 9.17) is 4.74 Å². The first-order chi connectivity index (χ1) is 10.1. The molecule has 0 aliphatic heterocycles. The van der Waals surface area contributed by atoms with Crippen LogP contribution in [0.1, 0.15) is 36.0 Å². The van der Waals surface area contributed by atoms with Crippen molar-refractivity contribution in [3.63, 3.8) is 0 Å². The summed E-state index contributed by atoms with van der Waals surface area (Å²) in [6, 6.07) is 4.91. The Hall–Kier alpha value is -1.46. The van der Waals surface area contributed by atoms with E-state index in [1.807, 2.05) is 32.3 Å². The number of halogens is 1. The van der Waals surface area contributed by atoms with E-state index < -0.39 is 0 Å². The lowest BCUT2D eigenvalue weighted by Gasteiger charge is -2.18. The predicted molar refractivity (Wildman–Crippen MR) is 84.5 cm³/mol. The molecule has 1 heterocycles. The Morgan fingerprint density at radius 2 is 2.24 bits per heavy atom. The lowest BCUT2D eigenvalue weighted by atomic mass is 10.1. The van der Waals surface area contributed by atoms with Gasteiger partial charge in [-0.25, -0.2) is 9.37 Å². The van der Waals surface area contributed by atoms with Crippen molar-refractivity contribution in [3.8, 4) is 5.75 Å². The lowest BCUT2D eigenvalue weighted by Crippen LogP contribution is -2.20. The molecule has 0 bridgehead atoms. The van der Waals surface area contributed by atoms with E-state index in [2.05, 4.69) is 10.3 Å². The second kappa shape index (κ2) is 7.52. The Kier molecular flexibility index (Phi) is 5.70. The van der Waals surface area contributed by atoms with E-state index >= 15 is 0 Å². The summed E-state index contributed by atoms with van der Waals surface area (Å²) >= 11 is 1.63. The molecule has 0 spiro atoms. The highest BCUT2D eigenvalue weighted by atomic mass is 32.1. The molecule has 0 radical (unpaired) electrons. The fraction of sp³-hybridized carbons (Fsp3) is 0.438. The Labute approximate surface area is 129 Å². The van der Waals surface area contributed by atoms with Crippen molar-refractivity contribution in [2.45, 2.75) is 33.2 Å². The summed E-state index contributed by atoms with van der Waals surface area (Å²) in [6.45, 7) is 7.26. The topological polar surface area (TPSA) is 34.1 Å². The minimum Gasteiger partial charge on any atom is -0.493 e. The number of hydrogen-bond donors (Lipinski definition) is 1. The number of thiazole rings is 1. The van der Waals surface area contributed by atoms with E-state index in [-0.39, 0.29) is 11.9 Å². The van der Waals surface area contributed by atoms with Gasteiger partial charge in [0.15, 0.2) is 0 Å². The molecule has 114 valence electrons. The summed E-state index contributed by atoms with van der Waals surface area (Å²) in [6.07, 6.45) is 0.794. The Bertz CT molecular complexity index is 585. The summed E-state index contributed by atoms with van der Waals surface area (Å²) in [5.74, 6) is 0.389. The van der Waals surface area contributed by atoms with Crippen LogP contribution in [0.5, 0.6) is 5.75 Å². The van der Waals surface area contributed by atoms with Crippen molar-refractivity contribution in [1.82, 2.24) is 10.3 Å². The van der Waals surface area contributed by atoms with Crippen LogP contribution < -0.4 is 10.1 Å². The highest BCUT2D eigenvalue weighted by Gasteiger charge is 2.16. The van der Waals surface area contributed by atoms with Crippen molar-refractivity contribution in [3.05, 3.63) is 45.7 Å². The lowest BCUT2D eigenvalue weighted by molar-refractivity contribution is 0.312. The average molecular weight is 308 g/mol. The summed E-state index contributed by atoms with van der Waals surface area (Å²) in [5, 5.41) is 3.23. The molecule has 5 heteroatoms. The minimum atomic E-state index is -0.227. The third kappa shape index (κ3) is 4.02. The molecule has 21 heavy (non-hydrogen) atoms. The molecule has 0 amide bonds. The number of rotatable bonds is 7. The molecule has 1 aromatic carbocycles. The third-order valence-corrected chi connectivity index (χ3v) is 4.38. The number of aromatic nitrogens is 1. The second-order valence-electron chi connectivity index (χ2n) is 4.89. The second-order valence-corrected chi connectivity index (χ2v) is 5.83. The summed E-state index contributed by atoms with van der Waals surface area (Å²) < 4.78 is 19.9. The largest absolute Gasteiger partial charge is 0.493 e. The molecule has 3 nitrogen and oxygen atoms in total. The summed E-state index contributed by atoms with van der Waals surface area (Å²) in [4.78, 5) is 5.43. The fourth-order valence-corrected chi connectivity index (χ4v) is 3.05. The van der Waals surface area contributed by atoms with Crippen molar-refractivity contribution < 1.29 is 9.13 Å². The monoisotopic (exact) mass is 308 g/mol. The van der Waals surface area contributed by atoms with Gasteiger partial charge in [0.05, 0.1) is 17.8 Å². The molecule has 1 aromatic heterocycles. The van der Waals surface area contributed by atoms with Gasteiger partial charge in [0.1, 0.15) is 11.6 Å². The summed E-state index contributed by atoms with van der Waals surface area (Å²) in [5.41, 5.74) is 3.48. The maximum Gasteiger partial charge on any atom is 0.131 e. The zero-order chi connectivity index (χ0) is 15.2. The predicted octanol–water partition coefficient (Wildman–Crippen LogP) is 3.88. The van der Waals surface area contributed by atoms with E-state index in [9.17, 15) is 4.39 Å². The molecule has 0 aliphatic carbocycles. The van der Waals surface area contributed by atoms with Crippen molar-refractivity contribution in [2.75, 3.05) is 13.2 Å². The van der Waals surface area contributed by atoms with Crippen LogP contribution in [0.2, 0.25) is 0 Å². The molecular weight excluding hydrogens is 287 g/mol. The highest BCUT2D eigenvalue weighted by molar-refractivity contribution is 7.09. The quantitative estimate of drug-likeness (QED) is 0.843. The number of aryl methyl sites for hydroxylation is 1. The summed E-state index contributed by atoms with van der Waals surface area (Å²) in [7, 11) is 0. The van der Waals surface area contributed by atoms with E-state index in [1.165, 1.54) is 10.9 Å². The van der Waals surface area contributed by atoms with Crippen molar-refractivity contribution in [1.29, 1.82) is 0 Å². The van der Waals surface area contributed by atoms with Crippen LogP contribution in [0.3, 0.4) is 0 Å². The smallest absolute Gasteiger partial charge is 0.131 e. The SMILES string of the molecule is CCNC(C)c1c(F)cccc1OCCc1scnc1C. The van der Waals surface area contributed by atoms with Gasteiger partial charge in [-0.05, 0) is 32.5 Å². The minimum absolute atomic E-state index is 0.0728. The zero-order valence-electron chi connectivity index (χ0n) is 12.6. The maximum atomic E-state index is 14.1. The molecular formula is C16H21FN2OS. The van der Waals surface area contributed by atoms with Gasteiger partial charge in [-0.15, -0.1) is 11.3 Å². The first kappa shape index (κ1) is 15.9. The van der Waals surface area contributed by atoms with Gasteiger partial charge >= 0.3 is 0 Å². The van der Waals surface area contributed by atoms with Gasteiger partial charge in [-0.1, -0.05) is 13.0 Å². The number of benzene rings is 1. The van der Waals surface area contributed by atoms with Gasteiger partial charge in [0, 0.05) is 22.9 Å². The van der Waals surface area contributed by atoms with Crippen LogP contribution in [0.4, 0.5) is 4.39 Å².